The summed E-state index contributed by atoms with van der Waals surface area (Å²) in [7, 11) is 0. The Morgan fingerprint density at radius 2 is 1.86 bits per heavy atom. The minimum Gasteiger partial charge on any atom is -0.381 e. The Morgan fingerprint density at radius 1 is 1.07 bits per heavy atom. The van der Waals surface area contributed by atoms with E-state index in [-0.39, 0.29) is 11.8 Å². The second-order valence-electron chi connectivity index (χ2n) is 8.14. The number of carbonyl (C=O) groups is 1. The van der Waals surface area contributed by atoms with Crippen molar-refractivity contribution < 1.29 is 23.5 Å². The number of carbonyl (C=O) groups excluding carboxylic acids is 1. The summed E-state index contributed by atoms with van der Waals surface area (Å²) < 4.78 is 22.0. The summed E-state index contributed by atoms with van der Waals surface area (Å²) in [4.78, 5) is 21.2. The Balaban J connectivity index is 1.17. The predicted octanol–water partition coefficient (Wildman–Crippen LogP) is 0.703. The van der Waals surface area contributed by atoms with Crippen molar-refractivity contribution in [1.82, 2.24) is 19.9 Å². The van der Waals surface area contributed by atoms with Crippen LogP contribution in [0, 0.1) is 5.92 Å². The molecule has 29 heavy (non-hydrogen) atoms. The molecule has 0 aromatic carbocycles. The van der Waals surface area contributed by atoms with Gasteiger partial charge in [-0.05, 0) is 25.2 Å². The monoisotopic (exact) mass is 408 g/mol. The number of nitrogens with zero attached hydrogens (tertiary/aromatic N) is 4. The number of amides is 1. The van der Waals surface area contributed by atoms with Crippen molar-refractivity contribution in [3.63, 3.8) is 0 Å². The number of hydrogen-bond donors (Lipinski definition) is 0. The van der Waals surface area contributed by atoms with Crippen LogP contribution in [-0.4, -0.2) is 98.2 Å². The van der Waals surface area contributed by atoms with Gasteiger partial charge in [0, 0.05) is 52.4 Å². The van der Waals surface area contributed by atoms with Crippen LogP contribution in [0.25, 0.3) is 0 Å². The van der Waals surface area contributed by atoms with Gasteiger partial charge in [0.15, 0.2) is 5.82 Å². The van der Waals surface area contributed by atoms with E-state index in [0.717, 1.165) is 58.7 Å². The normalized spacial score (nSPS) is 24.3. The van der Waals surface area contributed by atoms with Gasteiger partial charge in [-0.25, -0.2) is 0 Å². The van der Waals surface area contributed by atoms with Gasteiger partial charge >= 0.3 is 0 Å². The van der Waals surface area contributed by atoms with Crippen LogP contribution in [0.15, 0.2) is 4.52 Å². The largest absolute Gasteiger partial charge is 0.381 e. The number of hydrogen-bond acceptors (Lipinski definition) is 8. The lowest BCUT2D eigenvalue weighted by atomic mass is 10.0. The van der Waals surface area contributed by atoms with Gasteiger partial charge in [0.2, 0.25) is 11.8 Å². The van der Waals surface area contributed by atoms with Crippen LogP contribution in [0.5, 0.6) is 0 Å². The van der Waals surface area contributed by atoms with E-state index in [4.69, 9.17) is 18.7 Å². The molecule has 1 amide bonds. The molecule has 3 aliphatic heterocycles. The molecule has 4 heterocycles. The van der Waals surface area contributed by atoms with Gasteiger partial charge in [0.1, 0.15) is 0 Å². The number of rotatable bonds is 8. The minimum atomic E-state index is 0.132. The zero-order valence-electron chi connectivity index (χ0n) is 17.1. The quantitative estimate of drug-likeness (QED) is 0.581. The van der Waals surface area contributed by atoms with Gasteiger partial charge in [0.05, 0.1) is 32.3 Å². The van der Waals surface area contributed by atoms with E-state index < -0.39 is 0 Å². The highest BCUT2D eigenvalue weighted by Gasteiger charge is 2.31. The number of morpholine rings is 1. The van der Waals surface area contributed by atoms with E-state index >= 15 is 0 Å². The zero-order chi connectivity index (χ0) is 19.9. The summed E-state index contributed by atoms with van der Waals surface area (Å²) >= 11 is 0. The molecule has 0 saturated carbocycles. The van der Waals surface area contributed by atoms with E-state index in [1.165, 1.54) is 0 Å². The fraction of sp³-hybridized carbons (Fsp3) is 0.850. The fourth-order valence-corrected chi connectivity index (χ4v) is 4.10. The van der Waals surface area contributed by atoms with Crippen molar-refractivity contribution >= 4 is 5.91 Å². The SMILES string of the molecule is O=C(CN1CCOCC1)N1CCC(c2nc(CCOCC3CCOCC3)no2)C1. The molecular formula is C20H32N4O5. The van der Waals surface area contributed by atoms with Crippen molar-refractivity contribution in [3.8, 4) is 0 Å². The maximum absolute atomic E-state index is 12.6. The molecule has 9 nitrogen and oxygen atoms in total. The van der Waals surface area contributed by atoms with E-state index in [1.54, 1.807) is 0 Å². The van der Waals surface area contributed by atoms with E-state index in [9.17, 15) is 4.79 Å². The molecule has 3 fully saturated rings. The molecular weight excluding hydrogens is 376 g/mol. The Bertz CT molecular complexity index is 643. The number of ether oxygens (including phenoxy) is 3. The van der Waals surface area contributed by atoms with Gasteiger partial charge in [-0.15, -0.1) is 0 Å². The number of likely N-dealkylation sites (tertiary alicyclic amines) is 1. The highest BCUT2D eigenvalue weighted by Crippen LogP contribution is 2.26. The highest BCUT2D eigenvalue weighted by molar-refractivity contribution is 5.78. The molecule has 9 heteroatoms. The summed E-state index contributed by atoms with van der Waals surface area (Å²) in [5, 5.41) is 4.10. The first-order valence-corrected chi connectivity index (χ1v) is 10.8. The first-order valence-electron chi connectivity index (χ1n) is 10.8. The molecule has 4 rings (SSSR count). The minimum absolute atomic E-state index is 0.132. The summed E-state index contributed by atoms with van der Waals surface area (Å²) in [6.45, 7) is 8.01. The molecule has 1 atom stereocenters. The zero-order valence-corrected chi connectivity index (χ0v) is 17.1. The van der Waals surface area contributed by atoms with Crippen LogP contribution in [0.1, 0.15) is 36.9 Å². The maximum atomic E-state index is 12.6. The second-order valence-corrected chi connectivity index (χ2v) is 8.14. The average Bonchev–Trinajstić information content (AvgIpc) is 3.42. The Morgan fingerprint density at radius 3 is 2.69 bits per heavy atom. The maximum Gasteiger partial charge on any atom is 0.236 e. The molecule has 3 aliphatic rings. The lowest BCUT2D eigenvalue weighted by Gasteiger charge is -2.27. The molecule has 0 radical (unpaired) electrons. The van der Waals surface area contributed by atoms with Gasteiger partial charge < -0.3 is 23.6 Å². The molecule has 0 bridgehead atoms. The molecule has 3 saturated heterocycles. The van der Waals surface area contributed by atoms with Crippen LogP contribution in [0.2, 0.25) is 0 Å². The molecule has 0 spiro atoms. The predicted molar refractivity (Wildman–Crippen MR) is 104 cm³/mol. The Kier molecular flexibility index (Phi) is 7.48. The standard InChI is InChI=1S/C20H32N4O5/c25-19(14-23-6-11-27-12-7-23)24-5-1-17(13-24)20-21-18(22-29-20)4-10-28-15-16-2-8-26-9-3-16/h16-17H,1-15H2. The van der Waals surface area contributed by atoms with Crippen molar-refractivity contribution in [1.29, 1.82) is 0 Å². The topological polar surface area (TPSA) is 90.2 Å². The van der Waals surface area contributed by atoms with Crippen molar-refractivity contribution in [3.05, 3.63) is 11.7 Å². The van der Waals surface area contributed by atoms with Crippen LogP contribution in [-0.2, 0) is 25.4 Å². The highest BCUT2D eigenvalue weighted by atomic mass is 16.5. The van der Waals surface area contributed by atoms with Crippen LogP contribution in [0.3, 0.4) is 0 Å². The van der Waals surface area contributed by atoms with Gasteiger partial charge in [-0.3, -0.25) is 9.69 Å². The lowest BCUT2D eigenvalue weighted by molar-refractivity contribution is -0.132. The third kappa shape index (κ3) is 5.97. The smallest absolute Gasteiger partial charge is 0.236 e. The first-order chi connectivity index (χ1) is 14.3. The average molecular weight is 408 g/mol. The number of aromatic nitrogens is 2. The van der Waals surface area contributed by atoms with E-state index in [2.05, 4.69) is 15.0 Å². The van der Waals surface area contributed by atoms with Gasteiger partial charge in [0.25, 0.3) is 0 Å². The first kappa shape index (κ1) is 20.7. The van der Waals surface area contributed by atoms with E-state index in [1.807, 2.05) is 4.90 Å². The third-order valence-corrected chi connectivity index (χ3v) is 6.00. The van der Waals surface area contributed by atoms with Crippen LogP contribution < -0.4 is 0 Å². The van der Waals surface area contributed by atoms with E-state index in [0.29, 0.717) is 57.0 Å². The summed E-state index contributed by atoms with van der Waals surface area (Å²) in [6.07, 6.45) is 3.68. The van der Waals surface area contributed by atoms with Crippen LogP contribution >= 0.6 is 0 Å². The van der Waals surface area contributed by atoms with Crippen molar-refractivity contribution in [2.75, 3.05) is 72.4 Å². The van der Waals surface area contributed by atoms with Crippen LogP contribution in [0.4, 0.5) is 0 Å². The summed E-state index contributed by atoms with van der Waals surface area (Å²) in [5.74, 6) is 2.24. The van der Waals surface area contributed by atoms with Crippen molar-refractivity contribution in [2.24, 2.45) is 5.92 Å². The van der Waals surface area contributed by atoms with Crippen molar-refractivity contribution in [2.45, 2.75) is 31.6 Å². The summed E-state index contributed by atoms with van der Waals surface area (Å²) in [6, 6.07) is 0. The molecule has 162 valence electrons. The second kappa shape index (κ2) is 10.5. The third-order valence-electron chi connectivity index (χ3n) is 6.00. The molecule has 0 aliphatic carbocycles. The molecule has 0 N–H and O–H groups in total. The Hall–Kier alpha value is -1.55. The fourth-order valence-electron chi connectivity index (χ4n) is 4.10. The Labute approximate surface area is 171 Å². The molecule has 1 unspecified atom stereocenters. The lowest BCUT2D eigenvalue weighted by Crippen LogP contribution is -2.44. The summed E-state index contributed by atoms with van der Waals surface area (Å²) in [5.41, 5.74) is 0. The molecule has 1 aromatic rings. The molecule has 1 aromatic heterocycles. The van der Waals surface area contributed by atoms with Gasteiger partial charge in [-0.1, -0.05) is 5.16 Å². The van der Waals surface area contributed by atoms with Gasteiger partial charge in [-0.2, -0.15) is 4.98 Å².